The minimum absolute atomic E-state index is 0.112. The predicted molar refractivity (Wildman–Crippen MR) is 193 cm³/mol. The zero-order valence-electron chi connectivity index (χ0n) is 25.9. The lowest BCUT2D eigenvalue weighted by Gasteiger charge is -2.26. The Labute approximate surface area is 275 Å². The highest BCUT2D eigenvalue weighted by atomic mass is 15.2. The molecular weight excluding hydrogens is 576 g/mol. The van der Waals surface area contributed by atoms with Gasteiger partial charge in [0, 0.05) is 54.0 Å². The largest absolute Gasteiger partial charge is 0.387 e. The van der Waals surface area contributed by atoms with Crippen LogP contribution < -0.4 is 10.2 Å². The molecule has 0 radical (unpaired) electrons. The summed E-state index contributed by atoms with van der Waals surface area (Å²) in [7, 11) is 0. The number of aromatic amines is 1. The van der Waals surface area contributed by atoms with Gasteiger partial charge in [0.15, 0.2) is 0 Å². The Morgan fingerprint density at radius 1 is 0.723 bits per heavy atom. The van der Waals surface area contributed by atoms with Crippen LogP contribution in [-0.2, 0) is 6.54 Å². The standard InChI is InChI=1S/C41H34N6/c1-3-22-42-28-39(44-23-4-1)32-11-17-37(18-12-32)47(38-19-13-33(14-20-38)40-29-46-25-5-2-6-41(46)45-40)36-15-9-30(10-16-36)34-8-7-31-21-24-43-27-35(31)26-34/h1-26,28,40,42-43H,27,29H2. The first-order valence-corrected chi connectivity index (χ1v) is 15.9. The summed E-state index contributed by atoms with van der Waals surface area (Å²) < 4.78 is 0. The number of amidine groups is 1. The summed E-state index contributed by atoms with van der Waals surface area (Å²) in [6, 6.07) is 38.9. The molecule has 0 amide bonds. The van der Waals surface area contributed by atoms with Crippen molar-refractivity contribution in [3.05, 3.63) is 175 Å². The molecule has 47 heavy (non-hydrogen) atoms. The maximum absolute atomic E-state index is 4.96. The van der Waals surface area contributed by atoms with Crippen molar-refractivity contribution in [1.29, 1.82) is 0 Å². The van der Waals surface area contributed by atoms with Crippen LogP contribution in [0.15, 0.2) is 163 Å². The van der Waals surface area contributed by atoms with E-state index in [2.05, 4.69) is 141 Å². The third-order valence-corrected chi connectivity index (χ3v) is 8.74. The Bertz CT molecular complexity index is 2040. The quantitative estimate of drug-likeness (QED) is 0.201. The van der Waals surface area contributed by atoms with E-state index in [1.54, 1.807) is 0 Å². The van der Waals surface area contributed by atoms with Crippen LogP contribution in [-0.4, -0.2) is 27.2 Å². The number of nitrogens with one attached hydrogen (secondary N) is 2. The molecule has 4 heterocycles. The lowest BCUT2D eigenvalue weighted by atomic mass is 9.97. The molecule has 1 atom stereocenters. The second-order valence-electron chi connectivity index (χ2n) is 11.7. The van der Waals surface area contributed by atoms with Gasteiger partial charge in [-0.05, 0) is 107 Å². The summed E-state index contributed by atoms with van der Waals surface area (Å²) in [5.74, 6) is 1.02. The van der Waals surface area contributed by atoms with E-state index in [0.29, 0.717) is 0 Å². The third kappa shape index (κ3) is 5.97. The zero-order valence-corrected chi connectivity index (χ0v) is 25.9. The van der Waals surface area contributed by atoms with Gasteiger partial charge in [0.2, 0.25) is 0 Å². The second-order valence-corrected chi connectivity index (χ2v) is 11.7. The van der Waals surface area contributed by atoms with E-state index in [4.69, 9.17) is 4.99 Å². The number of aliphatic imine (C=N–C) groups is 1. The fourth-order valence-corrected chi connectivity index (χ4v) is 6.27. The summed E-state index contributed by atoms with van der Waals surface area (Å²) in [4.78, 5) is 17.3. The van der Waals surface area contributed by atoms with Crippen LogP contribution in [0.3, 0.4) is 0 Å². The SMILES string of the molecule is C1=CC2=NC(c3ccc(N(c4ccc(-c5ccc6c(c5)CNC=C6)cc4)c4ccc(-c5c[nH]cccccn5)cc4)cc3)CN2C=C1. The van der Waals surface area contributed by atoms with Crippen molar-refractivity contribution in [1.82, 2.24) is 20.2 Å². The number of rotatable bonds is 6. The molecule has 0 spiro atoms. The van der Waals surface area contributed by atoms with Crippen LogP contribution in [0.5, 0.6) is 0 Å². The first-order valence-electron chi connectivity index (χ1n) is 15.9. The van der Waals surface area contributed by atoms with Gasteiger partial charge in [0.25, 0.3) is 0 Å². The Morgan fingerprint density at radius 2 is 1.47 bits per heavy atom. The van der Waals surface area contributed by atoms with Crippen molar-refractivity contribution in [3.63, 3.8) is 0 Å². The van der Waals surface area contributed by atoms with Crippen LogP contribution in [0.4, 0.5) is 17.1 Å². The highest BCUT2D eigenvalue weighted by Crippen LogP contribution is 2.38. The molecule has 5 aromatic rings. The van der Waals surface area contributed by atoms with Crippen molar-refractivity contribution >= 4 is 29.0 Å². The molecular formula is C41H34N6. The monoisotopic (exact) mass is 610 g/mol. The molecule has 4 aromatic carbocycles. The number of allylic oxidation sites excluding steroid dienone is 2. The van der Waals surface area contributed by atoms with E-state index in [9.17, 15) is 0 Å². The van der Waals surface area contributed by atoms with Crippen molar-refractivity contribution in [2.45, 2.75) is 12.6 Å². The number of hydrogen-bond acceptors (Lipinski definition) is 5. The number of hydrogen-bond donors (Lipinski definition) is 2. The topological polar surface area (TPSA) is 59.6 Å². The van der Waals surface area contributed by atoms with Gasteiger partial charge in [0.05, 0.1) is 18.3 Å². The van der Waals surface area contributed by atoms with E-state index in [-0.39, 0.29) is 6.04 Å². The summed E-state index contributed by atoms with van der Waals surface area (Å²) in [5, 5.41) is 3.33. The van der Waals surface area contributed by atoms with Gasteiger partial charge < -0.3 is 20.1 Å². The Hall–Kier alpha value is -6.14. The van der Waals surface area contributed by atoms with Crippen molar-refractivity contribution in [2.75, 3.05) is 11.4 Å². The van der Waals surface area contributed by atoms with Crippen LogP contribution >= 0.6 is 0 Å². The normalized spacial score (nSPS) is 15.7. The second kappa shape index (κ2) is 12.7. The molecule has 0 aliphatic carbocycles. The Kier molecular flexibility index (Phi) is 7.65. The Morgan fingerprint density at radius 3 is 2.26 bits per heavy atom. The number of aromatic nitrogens is 2. The number of fused-ring (bicyclic) bond motifs is 2. The van der Waals surface area contributed by atoms with Crippen LogP contribution in [0.2, 0.25) is 0 Å². The molecule has 0 saturated heterocycles. The van der Waals surface area contributed by atoms with Crippen LogP contribution in [0.25, 0.3) is 28.5 Å². The molecule has 6 nitrogen and oxygen atoms in total. The average Bonchev–Trinajstić information content (AvgIpc) is 3.62. The smallest absolute Gasteiger partial charge is 0.128 e. The predicted octanol–water partition coefficient (Wildman–Crippen LogP) is 9.25. The molecule has 6 heteroatoms. The molecule has 228 valence electrons. The fourth-order valence-electron chi connectivity index (χ4n) is 6.27. The lowest BCUT2D eigenvalue weighted by Crippen LogP contribution is -2.21. The summed E-state index contributed by atoms with van der Waals surface area (Å²) in [6.45, 7) is 1.71. The van der Waals surface area contributed by atoms with Gasteiger partial charge in [-0.3, -0.25) is 9.98 Å². The van der Waals surface area contributed by atoms with Crippen LogP contribution in [0.1, 0.15) is 22.7 Å². The number of nitrogens with zero attached hydrogens (tertiary/aromatic N) is 4. The first kappa shape index (κ1) is 28.3. The van der Waals surface area contributed by atoms with Gasteiger partial charge in [-0.15, -0.1) is 0 Å². The minimum Gasteiger partial charge on any atom is -0.387 e. The summed E-state index contributed by atoms with van der Waals surface area (Å²) in [5.41, 5.74) is 11.3. The van der Waals surface area contributed by atoms with Gasteiger partial charge in [0.1, 0.15) is 5.84 Å². The number of H-pyrrole nitrogens is 1. The van der Waals surface area contributed by atoms with Crippen molar-refractivity contribution in [2.24, 2.45) is 4.99 Å². The molecule has 2 N–H and O–H groups in total. The molecule has 3 aliphatic rings. The maximum Gasteiger partial charge on any atom is 0.128 e. The van der Waals surface area contributed by atoms with Gasteiger partial charge >= 0.3 is 0 Å². The van der Waals surface area contributed by atoms with E-state index in [1.165, 1.54) is 27.8 Å². The molecule has 1 aromatic heterocycles. The molecule has 1 unspecified atom stereocenters. The summed E-state index contributed by atoms with van der Waals surface area (Å²) in [6.07, 6.45) is 18.0. The first-order chi connectivity index (χ1) is 23.3. The van der Waals surface area contributed by atoms with Crippen molar-refractivity contribution in [3.8, 4) is 22.4 Å². The highest BCUT2D eigenvalue weighted by molar-refractivity contribution is 5.96. The van der Waals surface area contributed by atoms with E-state index in [0.717, 1.165) is 47.2 Å². The molecule has 0 saturated carbocycles. The van der Waals surface area contributed by atoms with E-state index in [1.807, 2.05) is 49.1 Å². The van der Waals surface area contributed by atoms with Gasteiger partial charge in [-0.2, -0.15) is 0 Å². The average molecular weight is 611 g/mol. The highest BCUT2D eigenvalue weighted by Gasteiger charge is 2.24. The lowest BCUT2D eigenvalue weighted by molar-refractivity contribution is 0.550. The van der Waals surface area contributed by atoms with E-state index < -0.39 is 0 Å². The molecule has 3 aliphatic heterocycles. The Balaban J connectivity index is 1.13. The summed E-state index contributed by atoms with van der Waals surface area (Å²) >= 11 is 0. The van der Waals surface area contributed by atoms with Crippen molar-refractivity contribution < 1.29 is 0 Å². The number of benzene rings is 4. The number of anilines is 3. The molecule has 0 bridgehead atoms. The fraction of sp³-hybridized carbons (Fsp3) is 0.0732. The van der Waals surface area contributed by atoms with E-state index >= 15 is 0 Å². The minimum atomic E-state index is 0.112. The molecule has 0 fully saturated rings. The zero-order chi connectivity index (χ0) is 31.4. The molecule has 8 rings (SSSR count). The van der Waals surface area contributed by atoms with Gasteiger partial charge in [-0.1, -0.05) is 60.7 Å². The van der Waals surface area contributed by atoms with Gasteiger partial charge in [-0.25, -0.2) is 0 Å². The maximum atomic E-state index is 4.96. The van der Waals surface area contributed by atoms with Crippen LogP contribution in [0, 0.1) is 0 Å². The third-order valence-electron chi connectivity index (χ3n) is 8.74.